The Morgan fingerprint density at radius 3 is 2.42 bits per heavy atom. The van der Waals surface area contributed by atoms with Gasteiger partial charge < -0.3 is 15.5 Å². The lowest BCUT2D eigenvalue weighted by Crippen LogP contribution is -2.16. The van der Waals surface area contributed by atoms with E-state index in [2.05, 4.69) is 10.4 Å². The number of amides is 1. The van der Waals surface area contributed by atoms with Gasteiger partial charge in [-0.2, -0.15) is 5.10 Å². The number of aromatic carboxylic acids is 1. The molecule has 8 heteroatoms. The van der Waals surface area contributed by atoms with E-state index >= 15 is 0 Å². The van der Waals surface area contributed by atoms with Gasteiger partial charge in [-0.1, -0.05) is 0 Å². The Morgan fingerprint density at radius 1 is 1.26 bits per heavy atom. The molecule has 3 N–H and O–H groups in total. The van der Waals surface area contributed by atoms with Crippen LogP contribution in [0.5, 0.6) is 0 Å². The molecule has 8 nitrogen and oxygen atoms in total. The number of carbonyl (C=O) groups is 3. The highest BCUT2D eigenvalue weighted by Gasteiger charge is 2.21. The van der Waals surface area contributed by atoms with Crippen LogP contribution in [-0.4, -0.2) is 37.8 Å². The molecule has 19 heavy (non-hydrogen) atoms. The Morgan fingerprint density at radius 2 is 1.89 bits per heavy atom. The number of carbonyl (C=O) groups excluding carboxylic acids is 1. The molecule has 0 radical (unpaired) electrons. The number of nitrogens with zero attached hydrogens (tertiary/aromatic N) is 2. The van der Waals surface area contributed by atoms with Crippen LogP contribution in [0, 0.1) is 6.92 Å². The third kappa shape index (κ3) is 3.80. The maximum Gasteiger partial charge on any atom is 0.341 e. The van der Waals surface area contributed by atoms with Crippen molar-refractivity contribution in [1.29, 1.82) is 0 Å². The highest BCUT2D eigenvalue weighted by Crippen LogP contribution is 2.19. The summed E-state index contributed by atoms with van der Waals surface area (Å²) >= 11 is 0. The molecule has 1 heterocycles. The average Bonchev–Trinajstić information content (AvgIpc) is 2.53. The van der Waals surface area contributed by atoms with E-state index in [0.29, 0.717) is 5.69 Å². The summed E-state index contributed by atoms with van der Waals surface area (Å²) in [6.45, 7) is 1.53. The monoisotopic (exact) mass is 269 g/mol. The zero-order valence-electron chi connectivity index (χ0n) is 10.6. The van der Waals surface area contributed by atoms with Crippen LogP contribution in [0.3, 0.4) is 0 Å². The predicted molar refractivity (Wildman–Crippen MR) is 65.0 cm³/mol. The lowest BCUT2D eigenvalue weighted by Gasteiger charge is -2.06. The van der Waals surface area contributed by atoms with Gasteiger partial charge in [0.15, 0.2) is 0 Å². The average molecular weight is 269 g/mol. The van der Waals surface area contributed by atoms with Crippen LogP contribution in [0.15, 0.2) is 0 Å². The van der Waals surface area contributed by atoms with E-state index in [1.807, 2.05) is 0 Å². The van der Waals surface area contributed by atoms with Crippen LogP contribution >= 0.6 is 0 Å². The van der Waals surface area contributed by atoms with Crippen molar-refractivity contribution in [2.24, 2.45) is 7.05 Å². The minimum absolute atomic E-state index is 0.00951. The molecule has 0 fully saturated rings. The number of nitrogens with one attached hydrogen (secondary N) is 1. The number of hydrogen-bond acceptors (Lipinski definition) is 4. The van der Waals surface area contributed by atoms with Gasteiger partial charge >= 0.3 is 11.9 Å². The van der Waals surface area contributed by atoms with Gasteiger partial charge in [0.05, 0.1) is 5.69 Å². The summed E-state index contributed by atoms with van der Waals surface area (Å²) in [6, 6.07) is 0. The van der Waals surface area contributed by atoms with Crippen molar-refractivity contribution in [3.63, 3.8) is 0 Å². The van der Waals surface area contributed by atoms with Gasteiger partial charge in [-0.15, -0.1) is 0 Å². The van der Waals surface area contributed by atoms with E-state index in [1.165, 1.54) is 18.7 Å². The van der Waals surface area contributed by atoms with Crippen molar-refractivity contribution in [1.82, 2.24) is 9.78 Å². The molecule has 0 aromatic carbocycles. The second-order valence-corrected chi connectivity index (χ2v) is 4.03. The second-order valence-electron chi connectivity index (χ2n) is 4.03. The van der Waals surface area contributed by atoms with E-state index in [0.717, 1.165) is 0 Å². The molecule has 0 aliphatic rings. The standard InChI is InChI=1S/C11H15N3O5/c1-6-9(11(18)19)10(14(2)13-6)12-7(15)4-3-5-8(16)17/h3-5H2,1-2H3,(H,12,15)(H,16,17)(H,18,19). The first kappa shape index (κ1) is 14.7. The van der Waals surface area contributed by atoms with Crippen LogP contribution in [0.25, 0.3) is 0 Å². The molecule has 0 atom stereocenters. The number of aryl methyl sites for hydroxylation is 2. The highest BCUT2D eigenvalue weighted by molar-refractivity contribution is 6.00. The molecule has 104 valence electrons. The molecule has 1 rings (SSSR count). The number of carboxylic acid groups (broad SMARTS) is 2. The molecule has 0 aliphatic carbocycles. The largest absolute Gasteiger partial charge is 0.481 e. The summed E-state index contributed by atoms with van der Waals surface area (Å²) in [7, 11) is 1.52. The van der Waals surface area contributed by atoms with Gasteiger partial charge in [0.1, 0.15) is 11.4 Å². The Labute approximate surface area is 109 Å². The number of aliphatic carboxylic acids is 1. The fourth-order valence-corrected chi connectivity index (χ4v) is 1.65. The van der Waals surface area contributed by atoms with Gasteiger partial charge in [-0.05, 0) is 13.3 Å². The van der Waals surface area contributed by atoms with Gasteiger partial charge in [-0.3, -0.25) is 14.3 Å². The predicted octanol–water partition coefficient (Wildman–Crippen LogP) is 0.620. The van der Waals surface area contributed by atoms with Crippen molar-refractivity contribution in [3.8, 4) is 0 Å². The third-order valence-electron chi connectivity index (χ3n) is 2.49. The van der Waals surface area contributed by atoms with E-state index in [4.69, 9.17) is 10.2 Å². The third-order valence-corrected chi connectivity index (χ3v) is 2.49. The molecule has 1 aromatic heterocycles. The van der Waals surface area contributed by atoms with Gasteiger partial charge in [0.2, 0.25) is 5.91 Å². The zero-order chi connectivity index (χ0) is 14.6. The summed E-state index contributed by atoms with van der Waals surface area (Å²) in [5.41, 5.74) is 0.241. The molecular formula is C11H15N3O5. The maximum atomic E-state index is 11.6. The van der Waals surface area contributed by atoms with Crippen LogP contribution in [0.4, 0.5) is 5.82 Å². The molecule has 1 aromatic rings. The zero-order valence-corrected chi connectivity index (χ0v) is 10.6. The molecule has 0 bridgehead atoms. The lowest BCUT2D eigenvalue weighted by molar-refractivity contribution is -0.137. The maximum absolute atomic E-state index is 11.6. The highest BCUT2D eigenvalue weighted by atomic mass is 16.4. The van der Waals surface area contributed by atoms with Crippen LogP contribution in [0.2, 0.25) is 0 Å². The first-order valence-corrected chi connectivity index (χ1v) is 5.61. The normalized spacial score (nSPS) is 10.2. The smallest absolute Gasteiger partial charge is 0.341 e. The molecule has 0 aliphatic heterocycles. The summed E-state index contributed by atoms with van der Waals surface area (Å²) in [6.07, 6.45) is 0.0968. The minimum Gasteiger partial charge on any atom is -0.481 e. The fraction of sp³-hybridized carbons (Fsp3) is 0.455. The van der Waals surface area contributed by atoms with Crippen LogP contribution < -0.4 is 5.32 Å². The number of hydrogen-bond donors (Lipinski definition) is 3. The summed E-state index contributed by atoms with van der Waals surface area (Å²) in [5.74, 6) is -2.49. The van der Waals surface area contributed by atoms with E-state index in [9.17, 15) is 14.4 Å². The lowest BCUT2D eigenvalue weighted by atomic mass is 10.2. The van der Waals surface area contributed by atoms with Crippen molar-refractivity contribution in [2.75, 3.05) is 5.32 Å². The number of carboxylic acids is 2. The quantitative estimate of drug-likeness (QED) is 0.696. The van der Waals surface area contributed by atoms with Crippen molar-refractivity contribution in [2.45, 2.75) is 26.2 Å². The molecular weight excluding hydrogens is 254 g/mol. The minimum atomic E-state index is -1.17. The summed E-state index contributed by atoms with van der Waals surface area (Å²) in [4.78, 5) is 33.0. The Bertz CT molecular complexity index is 521. The van der Waals surface area contributed by atoms with E-state index in [1.54, 1.807) is 0 Å². The topological polar surface area (TPSA) is 122 Å². The second kappa shape index (κ2) is 5.98. The van der Waals surface area contributed by atoms with Gasteiger partial charge in [-0.25, -0.2) is 4.79 Å². The number of rotatable bonds is 6. The molecule has 0 saturated carbocycles. The first-order valence-electron chi connectivity index (χ1n) is 5.61. The number of aromatic nitrogens is 2. The van der Waals surface area contributed by atoms with Crippen molar-refractivity contribution >= 4 is 23.7 Å². The Hall–Kier alpha value is -2.38. The first-order chi connectivity index (χ1) is 8.82. The summed E-state index contributed by atoms with van der Waals surface area (Å²) in [5, 5.41) is 23.9. The molecule has 0 spiro atoms. The fourth-order valence-electron chi connectivity index (χ4n) is 1.65. The molecule has 1 amide bonds. The van der Waals surface area contributed by atoms with Gasteiger partial charge in [0, 0.05) is 19.9 Å². The SMILES string of the molecule is Cc1nn(C)c(NC(=O)CCCC(=O)O)c1C(=O)O. The van der Waals surface area contributed by atoms with E-state index < -0.39 is 17.8 Å². The summed E-state index contributed by atoms with van der Waals surface area (Å²) < 4.78 is 1.27. The molecule has 0 saturated heterocycles. The molecule has 0 unspecified atom stereocenters. The van der Waals surface area contributed by atoms with Crippen LogP contribution in [0.1, 0.15) is 35.3 Å². The van der Waals surface area contributed by atoms with Crippen molar-refractivity contribution < 1.29 is 24.6 Å². The Balaban J connectivity index is 2.74. The Kier molecular flexibility index (Phi) is 4.62. The van der Waals surface area contributed by atoms with Gasteiger partial charge in [0.25, 0.3) is 0 Å². The van der Waals surface area contributed by atoms with Crippen LogP contribution in [-0.2, 0) is 16.6 Å². The van der Waals surface area contributed by atoms with E-state index in [-0.39, 0.29) is 30.6 Å². The number of anilines is 1. The van der Waals surface area contributed by atoms with Crippen molar-refractivity contribution in [3.05, 3.63) is 11.3 Å².